The van der Waals surface area contributed by atoms with E-state index < -0.39 is 0 Å². The molecule has 82 valence electrons. The summed E-state index contributed by atoms with van der Waals surface area (Å²) < 4.78 is 1.34. The molecular formula is C10H26NO2+. The highest BCUT2D eigenvalue weighted by Gasteiger charge is 2.30. The van der Waals surface area contributed by atoms with Gasteiger partial charge in [0.05, 0.1) is 26.7 Å². The van der Waals surface area contributed by atoms with E-state index in [2.05, 4.69) is 20.9 Å². The Morgan fingerprint density at radius 3 is 2.31 bits per heavy atom. The largest absolute Gasteiger partial charge is 0.412 e. The van der Waals surface area contributed by atoms with Crippen LogP contribution in [-0.2, 0) is 0 Å². The van der Waals surface area contributed by atoms with Crippen LogP contribution in [0.2, 0.25) is 0 Å². The molecule has 0 saturated carbocycles. The van der Waals surface area contributed by atoms with Crippen LogP contribution in [0.4, 0.5) is 0 Å². The maximum absolute atomic E-state index is 2.42. The van der Waals surface area contributed by atoms with Crippen molar-refractivity contribution < 1.29 is 15.4 Å². The number of hydrogen-bond donors (Lipinski definition) is 0. The van der Waals surface area contributed by atoms with Crippen molar-refractivity contribution in [3.05, 3.63) is 0 Å². The fourth-order valence-corrected chi connectivity index (χ4v) is 2.21. The van der Waals surface area contributed by atoms with Gasteiger partial charge in [-0.3, -0.25) is 0 Å². The lowest BCUT2D eigenvalue weighted by Crippen LogP contribution is -2.42. The van der Waals surface area contributed by atoms with Gasteiger partial charge in [0.15, 0.2) is 0 Å². The van der Waals surface area contributed by atoms with E-state index in [1.54, 1.807) is 0 Å². The van der Waals surface area contributed by atoms with Crippen LogP contribution < -0.4 is 0 Å². The molecule has 4 N–H and O–H groups in total. The minimum atomic E-state index is 0. The first-order valence-corrected chi connectivity index (χ1v) is 5.00. The SMILES string of the molecule is CCCC[N+]1(C)CCC(C)C1.O.O. The van der Waals surface area contributed by atoms with Crippen LogP contribution in [0, 0.1) is 5.92 Å². The Labute approximate surface area is 81.9 Å². The number of quaternary nitrogens is 1. The van der Waals surface area contributed by atoms with Crippen LogP contribution >= 0.6 is 0 Å². The molecule has 3 nitrogen and oxygen atoms in total. The topological polar surface area (TPSA) is 63.0 Å². The zero-order valence-corrected chi connectivity index (χ0v) is 9.27. The summed E-state index contributed by atoms with van der Waals surface area (Å²) in [6.45, 7) is 8.91. The van der Waals surface area contributed by atoms with Gasteiger partial charge in [-0.15, -0.1) is 0 Å². The van der Waals surface area contributed by atoms with Gasteiger partial charge in [0.1, 0.15) is 0 Å². The Morgan fingerprint density at radius 1 is 1.31 bits per heavy atom. The first-order valence-electron chi connectivity index (χ1n) is 5.00. The summed E-state index contributed by atoms with van der Waals surface area (Å²) in [6, 6.07) is 0. The van der Waals surface area contributed by atoms with Crippen molar-refractivity contribution in [1.29, 1.82) is 0 Å². The highest BCUT2D eigenvalue weighted by atomic mass is 16.0. The molecule has 0 bridgehead atoms. The summed E-state index contributed by atoms with van der Waals surface area (Å²) in [7, 11) is 2.42. The summed E-state index contributed by atoms with van der Waals surface area (Å²) in [4.78, 5) is 0. The van der Waals surface area contributed by atoms with E-state index in [-0.39, 0.29) is 11.0 Å². The lowest BCUT2D eigenvalue weighted by molar-refractivity contribution is -0.899. The molecule has 1 aliphatic rings. The van der Waals surface area contributed by atoms with Crippen molar-refractivity contribution >= 4 is 0 Å². The molecule has 0 amide bonds. The molecule has 13 heavy (non-hydrogen) atoms. The third-order valence-electron chi connectivity index (χ3n) is 2.97. The van der Waals surface area contributed by atoms with Gasteiger partial charge in [-0.2, -0.15) is 0 Å². The van der Waals surface area contributed by atoms with E-state index >= 15 is 0 Å². The van der Waals surface area contributed by atoms with Crippen molar-refractivity contribution in [3.63, 3.8) is 0 Å². The predicted molar refractivity (Wildman–Crippen MR) is 56.7 cm³/mol. The molecule has 3 heteroatoms. The predicted octanol–water partition coefficient (Wildman–Crippen LogP) is 0.623. The van der Waals surface area contributed by atoms with E-state index in [1.165, 1.54) is 43.4 Å². The Morgan fingerprint density at radius 2 is 1.92 bits per heavy atom. The van der Waals surface area contributed by atoms with Crippen LogP contribution in [0.5, 0.6) is 0 Å². The van der Waals surface area contributed by atoms with Gasteiger partial charge >= 0.3 is 0 Å². The fourth-order valence-electron chi connectivity index (χ4n) is 2.21. The Bertz CT molecular complexity index is 130. The zero-order chi connectivity index (χ0) is 8.32. The second kappa shape index (κ2) is 6.35. The summed E-state index contributed by atoms with van der Waals surface area (Å²) in [5, 5.41) is 0. The number of likely N-dealkylation sites (tertiary alicyclic amines) is 1. The fraction of sp³-hybridized carbons (Fsp3) is 1.00. The van der Waals surface area contributed by atoms with Gasteiger partial charge in [-0.1, -0.05) is 20.3 Å². The first-order chi connectivity index (χ1) is 5.16. The van der Waals surface area contributed by atoms with E-state index in [0.717, 1.165) is 5.92 Å². The molecule has 1 rings (SSSR count). The zero-order valence-electron chi connectivity index (χ0n) is 9.27. The van der Waals surface area contributed by atoms with Crippen molar-refractivity contribution in [1.82, 2.24) is 0 Å². The van der Waals surface area contributed by atoms with Crippen molar-refractivity contribution in [2.75, 3.05) is 26.7 Å². The monoisotopic (exact) mass is 192 g/mol. The van der Waals surface area contributed by atoms with Gasteiger partial charge in [-0.25, -0.2) is 0 Å². The molecule has 1 fully saturated rings. The third-order valence-corrected chi connectivity index (χ3v) is 2.97. The molecule has 0 spiro atoms. The smallest absolute Gasteiger partial charge is 0.0812 e. The van der Waals surface area contributed by atoms with Gasteiger partial charge in [-0.05, 0) is 6.42 Å². The van der Waals surface area contributed by atoms with Crippen LogP contribution in [0.3, 0.4) is 0 Å². The highest BCUT2D eigenvalue weighted by molar-refractivity contribution is 4.60. The molecular weight excluding hydrogens is 166 g/mol. The quantitative estimate of drug-likeness (QED) is 0.589. The second-order valence-electron chi connectivity index (χ2n) is 4.50. The second-order valence-corrected chi connectivity index (χ2v) is 4.50. The molecule has 0 aromatic carbocycles. The summed E-state index contributed by atoms with van der Waals surface area (Å²) in [5.74, 6) is 0.969. The van der Waals surface area contributed by atoms with E-state index in [9.17, 15) is 0 Å². The Hall–Kier alpha value is -0.120. The van der Waals surface area contributed by atoms with Gasteiger partial charge in [0.25, 0.3) is 0 Å². The van der Waals surface area contributed by atoms with E-state index in [4.69, 9.17) is 0 Å². The van der Waals surface area contributed by atoms with Crippen molar-refractivity contribution in [2.24, 2.45) is 5.92 Å². The van der Waals surface area contributed by atoms with Gasteiger partial charge < -0.3 is 15.4 Å². The normalized spacial score (nSPS) is 32.1. The molecule has 0 aliphatic carbocycles. The summed E-state index contributed by atoms with van der Waals surface area (Å²) in [6.07, 6.45) is 4.20. The number of rotatable bonds is 3. The number of unbranched alkanes of at least 4 members (excludes halogenated alkanes) is 1. The molecule has 1 saturated heterocycles. The average molecular weight is 192 g/mol. The van der Waals surface area contributed by atoms with Crippen LogP contribution in [0.15, 0.2) is 0 Å². The van der Waals surface area contributed by atoms with Crippen molar-refractivity contribution in [2.45, 2.75) is 33.1 Å². The van der Waals surface area contributed by atoms with Crippen molar-refractivity contribution in [3.8, 4) is 0 Å². The third kappa shape index (κ3) is 4.60. The lowest BCUT2D eigenvalue weighted by atomic mass is 10.2. The van der Waals surface area contributed by atoms with Crippen LogP contribution in [0.25, 0.3) is 0 Å². The summed E-state index contributed by atoms with van der Waals surface area (Å²) >= 11 is 0. The number of hydrogen-bond acceptors (Lipinski definition) is 0. The van der Waals surface area contributed by atoms with E-state index in [1.807, 2.05) is 0 Å². The lowest BCUT2D eigenvalue weighted by Gasteiger charge is -2.29. The standard InChI is InChI=1S/C10H22N.2H2O/c1-4-5-7-11(3)8-6-10(2)9-11;;/h10H,4-9H2,1-3H3;2*1H2/q+1;;. The Balaban J connectivity index is 0. The Kier molecular flexibility index (Phi) is 7.50. The molecule has 1 heterocycles. The number of nitrogens with zero attached hydrogens (tertiary/aromatic N) is 1. The van der Waals surface area contributed by atoms with Crippen LogP contribution in [-0.4, -0.2) is 42.1 Å². The average Bonchev–Trinajstić information content (AvgIpc) is 2.28. The first kappa shape index (κ1) is 15.4. The summed E-state index contributed by atoms with van der Waals surface area (Å²) in [5.41, 5.74) is 0. The van der Waals surface area contributed by atoms with Crippen LogP contribution in [0.1, 0.15) is 33.1 Å². The molecule has 0 aromatic heterocycles. The highest BCUT2D eigenvalue weighted by Crippen LogP contribution is 2.22. The molecule has 0 radical (unpaired) electrons. The molecule has 2 unspecified atom stereocenters. The maximum atomic E-state index is 2.42. The van der Waals surface area contributed by atoms with E-state index in [0.29, 0.717) is 0 Å². The molecule has 2 atom stereocenters. The molecule has 1 aliphatic heterocycles. The molecule has 0 aromatic rings. The van der Waals surface area contributed by atoms with Gasteiger partial charge in [0.2, 0.25) is 0 Å². The van der Waals surface area contributed by atoms with Gasteiger partial charge in [0, 0.05) is 12.3 Å². The minimum absolute atomic E-state index is 0. The minimum Gasteiger partial charge on any atom is -0.412 e. The maximum Gasteiger partial charge on any atom is 0.0812 e.